The van der Waals surface area contributed by atoms with E-state index in [2.05, 4.69) is 9.89 Å². The minimum absolute atomic E-state index is 0.756. The molecular formula is C12H15ClN2. The minimum atomic E-state index is 0.756. The van der Waals surface area contributed by atoms with E-state index in [9.17, 15) is 0 Å². The summed E-state index contributed by atoms with van der Waals surface area (Å²) in [5, 5.41) is 0.756. The third-order valence-corrected chi connectivity index (χ3v) is 2.84. The molecule has 0 saturated carbocycles. The summed E-state index contributed by atoms with van der Waals surface area (Å²) in [6, 6.07) is 7.60. The SMILES string of the molecule is Clc1ccc(N=CN2CCCCC2)cc1. The molecule has 1 aliphatic heterocycles. The first-order valence-corrected chi connectivity index (χ1v) is 5.76. The van der Waals surface area contributed by atoms with E-state index < -0.39 is 0 Å². The van der Waals surface area contributed by atoms with E-state index in [-0.39, 0.29) is 0 Å². The molecule has 0 bridgehead atoms. The lowest BCUT2D eigenvalue weighted by molar-refractivity contribution is 0.351. The Morgan fingerprint density at radius 1 is 1.07 bits per heavy atom. The molecule has 0 unspecified atom stereocenters. The largest absolute Gasteiger partial charge is 0.363 e. The third kappa shape index (κ3) is 3.24. The summed E-state index contributed by atoms with van der Waals surface area (Å²) in [5.41, 5.74) is 0.963. The van der Waals surface area contributed by atoms with E-state index in [0.717, 1.165) is 23.8 Å². The van der Waals surface area contributed by atoms with E-state index >= 15 is 0 Å². The topological polar surface area (TPSA) is 15.6 Å². The lowest BCUT2D eigenvalue weighted by atomic mass is 10.1. The summed E-state index contributed by atoms with van der Waals surface area (Å²) in [4.78, 5) is 6.69. The van der Waals surface area contributed by atoms with Crippen molar-refractivity contribution in [1.29, 1.82) is 0 Å². The molecule has 0 atom stereocenters. The summed E-state index contributed by atoms with van der Waals surface area (Å²) in [6.07, 6.45) is 5.87. The van der Waals surface area contributed by atoms with Gasteiger partial charge in [-0.15, -0.1) is 0 Å². The molecule has 0 N–H and O–H groups in total. The molecule has 0 amide bonds. The first kappa shape index (κ1) is 10.5. The Morgan fingerprint density at radius 3 is 2.40 bits per heavy atom. The molecule has 3 heteroatoms. The quantitative estimate of drug-likeness (QED) is 0.553. The second kappa shape index (κ2) is 5.17. The molecule has 2 nitrogen and oxygen atoms in total. The Bertz CT molecular complexity index is 326. The molecule has 0 aromatic heterocycles. The van der Waals surface area contributed by atoms with Gasteiger partial charge >= 0.3 is 0 Å². The summed E-state index contributed by atoms with van der Waals surface area (Å²) in [7, 11) is 0. The van der Waals surface area contributed by atoms with Gasteiger partial charge in [-0.1, -0.05) is 11.6 Å². The molecule has 0 aliphatic carbocycles. The van der Waals surface area contributed by atoms with Crippen LogP contribution < -0.4 is 0 Å². The van der Waals surface area contributed by atoms with Crippen LogP contribution in [0.25, 0.3) is 0 Å². The fourth-order valence-electron chi connectivity index (χ4n) is 1.71. The minimum Gasteiger partial charge on any atom is -0.363 e. The van der Waals surface area contributed by atoms with Gasteiger partial charge in [0.2, 0.25) is 0 Å². The van der Waals surface area contributed by atoms with Gasteiger partial charge < -0.3 is 4.90 Å². The van der Waals surface area contributed by atoms with Crippen molar-refractivity contribution in [2.75, 3.05) is 13.1 Å². The van der Waals surface area contributed by atoms with E-state index in [1.807, 2.05) is 30.6 Å². The van der Waals surface area contributed by atoms with Gasteiger partial charge in [0, 0.05) is 18.1 Å². The fourth-order valence-corrected chi connectivity index (χ4v) is 1.84. The van der Waals surface area contributed by atoms with E-state index in [1.54, 1.807) is 0 Å². The molecule has 0 spiro atoms. The number of aliphatic imine (C=N–C) groups is 1. The smallest absolute Gasteiger partial charge is 0.0912 e. The fraction of sp³-hybridized carbons (Fsp3) is 0.417. The zero-order chi connectivity index (χ0) is 10.5. The van der Waals surface area contributed by atoms with Gasteiger partial charge in [-0.2, -0.15) is 0 Å². The molecule has 15 heavy (non-hydrogen) atoms. The van der Waals surface area contributed by atoms with Crippen LogP contribution in [0.1, 0.15) is 19.3 Å². The van der Waals surface area contributed by atoms with Gasteiger partial charge in [0.25, 0.3) is 0 Å². The standard InChI is InChI=1S/C12H15ClN2/c13-11-4-6-12(7-5-11)14-10-15-8-2-1-3-9-15/h4-7,10H,1-3,8-9H2. The first-order chi connectivity index (χ1) is 7.34. The highest BCUT2D eigenvalue weighted by Gasteiger charge is 2.05. The number of hydrogen-bond donors (Lipinski definition) is 0. The highest BCUT2D eigenvalue weighted by Crippen LogP contribution is 2.16. The van der Waals surface area contributed by atoms with Crippen LogP contribution >= 0.6 is 11.6 Å². The van der Waals surface area contributed by atoms with Crippen molar-refractivity contribution >= 4 is 23.6 Å². The lowest BCUT2D eigenvalue weighted by Crippen LogP contribution is -2.27. The van der Waals surface area contributed by atoms with Crippen molar-refractivity contribution in [3.05, 3.63) is 29.3 Å². The molecular weight excluding hydrogens is 208 g/mol. The Kier molecular flexibility index (Phi) is 3.62. The van der Waals surface area contributed by atoms with Crippen LogP contribution in [0.15, 0.2) is 29.3 Å². The average molecular weight is 223 g/mol. The van der Waals surface area contributed by atoms with Crippen LogP contribution in [0, 0.1) is 0 Å². The normalized spacial score (nSPS) is 17.3. The van der Waals surface area contributed by atoms with Crippen molar-refractivity contribution in [3.8, 4) is 0 Å². The average Bonchev–Trinajstić information content (AvgIpc) is 2.30. The molecule has 2 rings (SSSR count). The number of piperidine rings is 1. The van der Waals surface area contributed by atoms with E-state index in [4.69, 9.17) is 11.6 Å². The Hall–Kier alpha value is -1.02. The molecule has 80 valence electrons. The molecule has 1 aliphatic rings. The number of halogens is 1. The third-order valence-electron chi connectivity index (χ3n) is 2.59. The van der Waals surface area contributed by atoms with Crippen LogP contribution in [-0.2, 0) is 0 Å². The second-order valence-corrected chi connectivity index (χ2v) is 4.25. The maximum Gasteiger partial charge on any atom is 0.0912 e. The lowest BCUT2D eigenvalue weighted by Gasteiger charge is -2.23. The Morgan fingerprint density at radius 2 is 1.73 bits per heavy atom. The second-order valence-electron chi connectivity index (χ2n) is 3.82. The van der Waals surface area contributed by atoms with Crippen LogP contribution in [0.3, 0.4) is 0 Å². The van der Waals surface area contributed by atoms with Gasteiger partial charge in [0.1, 0.15) is 0 Å². The van der Waals surface area contributed by atoms with Crippen LogP contribution in [0.4, 0.5) is 5.69 Å². The molecule has 0 radical (unpaired) electrons. The predicted molar refractivity (Wildman–Crippen MR) is 65.0 cm³/mol. The monoisotopic (exact) mass is 222 g/mol. The van der Waals surface area contributed by atoms with Crippen molar-refractivity contribution in [1.82, 2.24) is 4.90 Å². The van der Waals surface area contributed by atoms with E-state index in [1.165, 1.54) is 19.3 Å². The van der Waals surface area contributed by atoms with Crippen molar-refractivity contribution in [3.63, 3.8) is 0 Å². The van der Waals surface area contributed by atoms with Gasteiger partial charge in [-0.05, 0) is 43.5 Å². The Labute approximate surface area is 95.6 Å². The summed E-state index contributed by atoms with van der Waals surface area (Å²) in [5.74, 6) is 0. The number of benzene rings is 1. The number of hydrogen-bond acceptors (Lipinski definition) is 1. The van der Waals surface area contributed by atoms with Gasteiger partial charge in [-0.25, -0.2) is 4.99 Å². The molecule has 1 aromatic carbocycles. The maximum atomic E-state index is 5.80. The summed E-state index contributed by atoms with van der Waals surface area (Å²) >= 11 is 5.80. The molecule has 1 aromatic rings. The highest BCUT2D eigenvalue weighted by atomic mass is 35.5. The van der Waals surface area contributed by atoms with Gasteiger partial charge in [0.05, 0.1) is 12.0 Å². The van der Waals surface area contributed by atoms with Gasteiger partial charge in [0.15, 0.2) is 0 Å². The molecule has 1 fully saturated rings. The molecule has 1 saturated heterocycles. The van der Waals surface area contributed by atoms with Crippen molar-refractivity contribution < 1.29 is 0 Å². The van der Waals surface area contributed by atoms with Crippen LogP contribution in [-0.4, -0.2) is 24.3 Å². The number of nitrogens with zero attached hydrogens (tertiary/aromatic N) is 2. The van der Waals surface area contributed by atoms with E-state index in [0.29, 0.717) is 0 Å². The zero-order valence-electron chi connectivity index (χ0n) is 8.69. The van der Waals surface area contributed by atoms with Crippen LogP contribution in [0.2, 0.25) is 5.02 Å². The predicted octanol–water partition coefficient (Wildman–Crippen LogP) is 3.49. The summed E-state index contributed by atoms with van der Waals surface area (Å²) < 4.78 is 0. The molecule has 1 heterocycles. The maximum absolute atomic E-state index is 5.80. The van der Waals surface area contributed by atoms with Crippen molar-refractivity contribution in [2.45, 2.75) is 19.3 Å². The number of rotatable bonds is 2. The highest BCUT2D eigenvalue weighted by molar-refractivity contribution is 6.30. The first-order valence-electron chi connectivity index (χ1n) is 5.38. The number of likely N-dealkylation sites (tertiary alicyclic amines) is 1. The van der Waals surface area contributed by atoms with Crippen LogP contribution in [0.5, 0.6) is 0 Å². The summed E-state index contributed by atoms with van der Waals surface area (Å²) in [6.45, 7) is 2.27. The van der Waals surface area contributed by atoms with Gasteiger partial charge in [-0.3, -0.25) is 0 Å². The Balaban J connectivity index is 1.95. The van der Waals surface area contributed by atoms with Crippen molar-refractivity contribution in [2.24, 2.45) is 4.99 Å². The zero-order valence-corrected chi connectivity index (χ0v) is 9.45.